The first kappa shape index (κ1) is 15.1. The van der Waals surface area contributed by atoms with Gasteiger partial charge in [-0.1, -0.05) is 41.6 Å². The van der Waals surface area contributed by atoms with Gasteiger partial charge in [-0.2, -0.15) is 0 Å². The van der Waals surface area contributed by atoms with Gasteiger partial charge in [-0.05, 0) is 30.2 Å². The summed E-state index contributed by atoms with van der Waals surface area (Å²) in [5, 5.41) is 9.97. The molecule has 0 saturated carbocycles. The van der Waals surface area contributed by atoms with Crippen LogP contribution in [-0.2, 0) is 0 Å². The van der Waals surface area contributed by atoms with E-state index in [1.807, 2.05) is 55.5 Å². The van der Waals surface area contributed by atoms with Gasteiger partial charge in [0.05, 0.1) is 12.2 Å². The lowest BCUT2D eigenvalue weighted by Gasteiger charge is -2.12. The molecule has 0 radical (unpaired) electrons. The summed E-state index contributed by atoms with van der Waals surface area (Å²) in [5.74, 6) is 1.06. The highest BCUT2D eigenvalue weighted by molar-refractivity contribution is 5.76. The number of rotatable bonds is 4. The molecule has 4 rings (SSSR count). The number of benzene rings is 2. The third-order valence-corrected chi connectivity index (χ3v) is 3.84. The number of ether oxygens (including phenoxy) is 1. The minimum Gasteiger partial charge on any atom is -0.493 e. The largest absolute Gasteiger partial charge is 0.493 e. The van der Waals surface area contributed by atoms with E-state index in [4.69, 9.17) is 4.74 Å². The molecule has 0 spiro atoms. The Morgan fingerprint density at radius 2 is 1.92 bits per heavy atom. The summed E-state index contributed by atoms with van der Waals surface area (Å²) >= 11 is 0. The quantitative estimate of drug-likeness (QED) is 0.598. The van der Waals surface area contributed by atoms with Crippen molar-refractivity contribution in [3.05, 3.63) is 58.9 Å². The third kappa shape index (κ3) is 2.76. The summed E-state index contributed by atoms with van der Waals surface area (Å²) in [6.07, 6.45) is 0. The van der Waals surface area contributed by atoms with E-state index < -0.39 is 0 Å². The first-order chi connectivity index (χ1) is 12.3. The maximum absolute atomic E-state index is 12.1. The van der Waals surface area contributed by atoms with Crippen molar-refractivity contribution in [2.24, 2.45) is 0 Å². The molecule has 0 saturated heterocycles. The molecule has 2 aromatic heterocycles. The van der Waals surface area contributed by atoms with E-state index in [2.05, 4.69) is 25.4 Å². The van der Waals surface area contributed by atoms with Gasteiger partial charge in [-0.15, -0.1) is 5.10 Å². The molecule has 4 aromatic rings. The molecule has 0 amide bonds. The van der Waals surface area contributed by atoms with Crippen molar-refractivity contribution in [2.45, 2.75) is 6.92 Å². The molecular formula is C18H15N5O2. The van der Waals surface area contributed by atoms with Crippen LogP contribution >= 0.6 is 0 Å². The molecule has 2 aromatic carbocycles. The van der Waals surface area contributed by atoms with Gasteiger partial charge in [-0.25, -0.2) is 10.1 Å². The van der Waals surface area contributed by atoms with Crippen LogP contribution in [0.2, 0.25) is 0 Å². The zero-order valence-corrected chi connectivity index (χ0v) is 13.5. The zero-order chi connectivity index (χ0) is 17.2. The summed E-state index contributed by atoms with van der Waals surface area (Å²) in [6.45, 7) is 2.42. The maximum atomic E-state index is 12.1. The lowest BCUT2D eigenvalue weighted by atomic mass is 10.0. The van der Waals surface area contributed by atoms with Gasteiger partial charge in [-0.3, -0.25) is 4.79 Å². The molecule has 124 valence electrons. The van der Waals surface area contributed by atoms with E-state index in [1.165, 1.54) is 0 Å². The number of aromatic amines is 2. The molecule has 25 heavy (non-hydrogen) atoms. The van der Waals surface area contributed by atoms with Crippen molar-refractivity contribution in [1.29, 1.82) is 0 Å². The molecule has 0 fully saturated rings. The van der Waals surface area contributed by atoms with Gasteiger partial charge in [0.15, 0.2) is 11.2 Å². The minimum absolute atomic E-state index is 0.183. The van der Waals surface area contributed by atoms with Gasteiger partial charge in [0.25, 0.3) is 5.56 Å². The van der Waals surface area contributed by atoms with Crippen molar-refractivity contribution in [1.82, 2.24) is 25.4 Å². The normalized spacial score (nSPS) is 10.9. The molecular weight excluding hydrogens is 318 g/mol. The Hall–Kier alpha value is -3.48. The van der Waals surface area contributed by atoms with Crippen LogP contribution in [0.1, 0.15) is 6.92 Å². The summed E-state index contributed by atoms with van der Waals surface area (Å²) in [5.41, 5.74) is 3.00. The van der Waals surface area contributed by atoms with E-state index in [9.17, 15) is 4.79 Å². The Kier molecular flexibility index (Phi) is 3.74. The minimum atomic E-state index is -0.344. The Morgan fingerprint density at radius 1 is 1.08 bits per heavy atom. The number of aromatic nitrogens is 5. The van der Waals surface area contributed by atoms with Crippen molar-refractivity contribution in [3.8, 4) is 28.3 Å². The molecule has 0 unspecified atom stereocenters. The van der Waals surface area contributed by atoms with Gasteiger partial charge in [0, 0.05) is 0 Å². The maximum Gasteiger partial charge on any atom is 0.281 e. The lowest BCUT2D eigenvalue weighted by molar-refractivity contribution is 0.341. The second-order valence-corrected chi connectivity index (χ2v) is 5.43. The second kappa shape index (κ2) is 6.20. The Bertz CT molecular complexity index is 1090. The van der Waals surface area contributed by atoms with E-state index in [0.717, 1.165) is 11.1 Å². The zero-order valence-electron chi connectivity index (χ0n) is 13.5. The van der Waals surface area contributed by atoms with E-state index >= 15 is 0 Å². The van der Waals surface area contributed by atoms with Crippen molar-refractivity contribution >= 4 is 11.2 Å². The van der Waals surface area contributed by atoms with Gasteiger partial charge in [0.2, 0.25) is 0 Å². The van der Waals surface area contributed by atoms with Crippen LogP contribution in [-0.4, -0.2) is 32.0 Å². The van der Waals surface area contributed by atoms with Crippen LogP contribution in [0.4, 0.5) is 0 Å². The Balaban J connectivity index is 1.86. The van der Waals surface area contributed by atoms with Gasteiger partial charge >= 0.3 is 0 Å². The van der Waals surface area contributed by atoms with E-state index in [0.29, 0.717) is 29.4 Å². The third-order valence-electron chi connectivity index (χ3n) is 3.84. The fourth-order valence-corrected chi connectivity index (χ4v) is 2.69. The Morgan fingerprint density at radius 3 is 2.72 bits per heavy atom. The fraction of sp³-hybridized carbons (Fsp3) is 0.111. The Labute approximate surface area is 142 Å². The molecule has 2 N–H and O–H groups in total. The molecule has 2 heterocycles. The van der Waals surface area contributed by atoms with Crippen molar-refractivity contribution < 1.29 is 4.74 Å². The predicted molar refractivity (Wildman–Crippen MR) is 94.3 cm³/mol. The number of nitrogens with zero attached hydrogens (tertiary/aromatic N) is 3. The standard InChI is InChI=1S/C18H15N5O2/c1-2-25-14-10-12(11-6-4-3-5-7-11)8-9-13(14)16-19-17-15(18(24)20-16)21-23-22-17/h3-10H,2H2,1H3,(H2,19,20,21,22,23,24). The van der Waals surface area contributed by atoms with Crippen molar-refractivity contribution in [2.75, 3.05) is 6.61 Å². The van der Waals surface area contributed by atoms with E-state index in [-0.39, 0.29) is 11.1 Å². The molecule has 7 heteroatoms. The average Bonchev–Trinajstić information content (AvgIpc) is 3.12. The smallest absolute Gasteiger partial charge is 0.281 e. The summed E-state index contributed by atoms with van der Waals surface area (Å²) < 4.78 is 5.78. The van der Waals surface area contributed by atoms with Crippen LogP contribution in [0, 0.1) is 0 Å². The number of nitrogens with one attached hydrogen (secondary N) is 2. The molecule has 0 atom stereocenters. The van der Waals surface area contributed by atoms with Crippen LogP contribution < -0.4 is 10.3 Å². The lowest BCUT2D eigenvalue weighted by Crippen LogP contribution is -2.10. The van der Waals surface area contributed by atoms with Crippen LogP contribution in [0.5, 0.6) is 5.75 Å². The fourth-order valence-electron chi connectivity index (χ4n) is 2.69. The first-order valence-electron chi connectivity index (χ1n) is 7.90. The molecule has 7 nitrogen and oxygen atoms in total. The first-order valence-corrected chi connectivity index (χ1v) is 7.90. The highest BCUT2D eigenvalue weighted by atomic mass is 16.5. The van der Waals surface area contributed by atoms with E-state index in [1.54, 1.807) is 0 Å². The predicted octanol–water partition coefficient (Wildman–Crippen LogP) is 2.77. The van der Waals surface area contributed by atoms with Crippen LogP contribution in [0.15, 0.2) is 53.3 Å². The summed E-state index contributed by atoms with van der Waals surface area (Å²) in [4.78, 5) is 19.3. The number of hydrogen-bond acceptors (Lipinski definition) is 5. The molecule has 0 aliphatic rings. The topological polar surface area (TPSA) is 96.5 Å². The van der Waals surface area contributed by atoms with Crippen LogP contribution in [0.3, 0.4) is 0 Å². The number of fused-ring (bicyclic) bond motifs is 1. The van der Waals surface area contributed by atoms with Crippen LogP contribution in [0.25, 0.3) is 33.7 Å². The highest BCUT2D eigenvalue weighted by Gasteiger charge is 2.14. The number of hydrogen-bond donors (Lipinski definition) is 2. The monoisotopic (exact) mass is 333 g/mol. The summed E-state index contributed by atoms with van der Waals surface area (Å²) in [6, 6.07) is 15.8. The average molecular weight is 333 g/mol. The highest BCUT2D eigenvalue weighted by Crippen LogP contribution is 2.32. The SMILES string of the molecule is CCOc1cc(-c2ccccc2)ccc1-c1nc2[nH]nnc2c(=O)[nH]1. The molecule has 0 bridgehead atoms. The van der Waals surface area contributed by atoms with Gasteiger partial charge < -0.3 is 9.72 Å². The summed E-state index contributed by atoms with van der Waals surface area (Å²) in [7, 11) is 0. The second-order valence-electron chi connectivity index (χ2n) is 5.43. The van der Waals surface area contributed by atoms with Gasteiger partial charge in [0.1, 0.15) is 11.6 Å². The van der Waals surface area contributed by atoms with Crippen molar-refractivity contribution in [3.63, 3.8) is 0 Å². The molecule has 0 aliphatic heterocycles. The number of H-pyrrole nitrogens is 2. The molecule has 0 aliphatic carbocycles.